The van der Waals surface area contributed by atoms with Gasteiger partial charge >= 0.3 is 0 Å². The van der Waals surface area contributed by atoms with Crippen LogP contribution in [-0.4, -0.2) is 20.4 Å². The fourth-order valence-corrected chi connectivity index (χ4v) is 3.09. The Kier molecular flexibility index (Phi) is 4.20. The topological polar surface area (TPSA) is 59.8 Å². The first-order chi connectivity index (χ1) is 10.6. The molecular weight excluding hydrogens is 296 g/mol. The highest BCUT2D eigenvalue weighted by atomic mass is 32.1. The molecule has 3 aromatic rings. The summed E-state index contributed by atoms with van der Waals surface area (Å²) in [6.07, 6.45) is 1.70. The van der Waals surface area contributed by atoms with Gasteiger partial charge in [-0.15, -0.1) is 11.3 Å². The van der Waals surface area contributed by atoms with Crippen molar-refractivity contribution in [2.24, 2.45) is 0 Å². The highest BCUT2D eigenvalue weighted by molar-refractivity contribution is 7.09. The number of benzene rings is 1. The monoisotopic (exact) mass is 314 g/mol. The summed E-state index contributed by atoms with van der Waals surface area (Å²) in [5, 5.41) is 5.90. The quantitative estimate of drug-likeness (QED) is 0.787. The maximum Gasteiger partial charge on any atom is 0.240 e. The van der Waals surface area contributed by atoms with E-state index in [-0.39, 0.29) is 12.5 Å². The second-order valence-electron chi connectivity index (χ2n) is 5.46. The smallest absolute Gasteiger partial charge is 0.240 e. The summed E-state index contributed by atoms with van der Waals surface area (Å²) in [7, 11) is 0. The largest absolute Gasteiger partial charge is 0.348 e. The lowest BCUT2D eigenvalue weighted by Gasteiger charge is -2.05. The second-order valence-corrected chi connectivity index (χ2v) is 6.40. The average Bonchev–Trinajstić information content (AvgIpc) is 3.13. The zero-order chi connectivity index (χ0) is 15.5. The van der Waals surface area contributed by atoms with Crippen molar-refractivity contribution >= 4 is 28.3 Å². The number of nitrogens with one attached hydrogen (secondary N) is 1. The molecule has 5 nitrogen and oxygen atoms in total. The van der Waals surface area contributed by atoms with E-state index in [4.69, 9.17) is 0 Å². The van der Waals surface area contributed by atoms with E-state index in [0.717, 1.165) is 21.7 Å². The van der Waals surface area contributed by atoms with E-state index in [9.17, 15) is 4.79 Å². The van der Waals surface area contributed by atoms with Crippen LogP contribution in [0.1, 0.15) is 30.5 Å². The second kappa shape index (κ2) is 6.27. The number of carbonyl (C=O) groups excluding carboxylic acids is 1. The maximum absolute atomic E-state index is 12.1. The van der Waals surface area contributed by atoms with Crippen LogP contribution in [0, 0.1) is 0 Å². The molecule has 1 N–H and O–H groups in total. The predicted octanol–water partition coefficient (Wildman–Crippen LogP) is 2.93. The van der Waals surface area contributed by atoms with Gasteiger partial charge in [-0.25, -0.2) is 9.97 Å². The third-order valence-corrected chi connectivity index (χ3v) is 4.31. The molecule has 1 amide bonds. The number of hydrogen-bond donors (Lipinski definition) is 1. The van der Waals surface area contributed by atoms with Crippen molar-refractivity contribution < 1.29 is 4.79 Å². The van der Waals surface area contributed by atoms with Gasteiger partial charge in [0, 0.05) is 5.38 Å². The zero-order valence-corrected chi connectivity index (χ0v) is 13.4. The Bertz CT molecular complexity index is 790. The van der Waals surface area contributed by atoms with Gasteiger partial charge in [-0.2, -0.15) is 0 Å². The summed E-state index contributed by atoms with van der Waals surface area (Å²) in [5.41, 5.74) is 2.95. The molecular formula is C16H18N4OS. The molecule has 2 heterocycles. The van der Waals surface area contributed by atoms with Crippen LogP contribution >= 0.6 is 11.3 Å². The van der Waals surface area contributed by atoms with Crippen molar-refractivity contribution in [3.63, 3.8) is 0 Å². The van der Waals surface area contributed by atoms with E-state index >= 15 is 0 Å². The third-order valence-electron chi connectivity index (χ3n) is 3.44. The van der Waals surface area contributed by atoms with Crippen LogP contribution < -0.4 is 5.32 Å². The standard InChI is InChI=1S/C16H18N4OS/c1-11(2)13-9-22-16(19-13)7-17-15(21)8-20-10-18-12-5-3-4-6-14(12)20/h3-6,9-11H,7-8H2,1-2H3,(H,17,21). The van der Waals surface area contributed by atoms with Gasteiger partial charge in [0.05, 0.1) is 29.6 Å². The van der Waals surface area contributed by atoms with Gasteiger partial charge in [0.2, 0.25) is 5.91 Å². The Labute approximate surface area is 133 Å². The molecule has 0 bridgehead atoms. The van der Waals surface area contributed by atoms with Crippen LogP contribution in [0.5, 0.6) is 0 Å². The Morgan fingerprint density at radius 1 is 1.36 bits per heavy atom. The number of carbonyl (C=O) groups is 1. The lowest BCUT2D eigenvalue weighted by atomic mass is 10.2. The Morgan fingerprint density at radius 2 is 2.18 bits per heavy atom. The number of imidazole rings is 1. The van der Waals surface area contributed by atoms with Crippen LogP contribution in [0.4, 0.5) is 0 Å². The average molecular weight is 314 g/mol. The van der Waals surface area contributed by atoms with E-state index in [1.807, 2.05) is 28.8 Å². The SMILES string of the molecule is CC(C)c1csc(CNC(=O)Cn2cnc3ccccc32)n1. The molecule has 114 valence electrons. The number of hydrogen-bond acceptors (Lipinski definition) is 4. The zero-order valence-electron chi connectivity index (χ0n) is 12.6. The van der Waals surface area contributed by atoms with Crippen LogP contribution in [0.25, 0.3) is 11.0 Å². The summed E-state index contributed by atoms with van der Waals surface area (Å²) >= 11 is 1.59. The number of thiazole rings is 1. The van der Waals surface area contributed by atoms with Crippen molar-refractivity contribution in [3.8, 4) is 0 Å². The molecule has 6 heteroatoms. The fourth-order valence-electron chi connectivity index (χ4n) is 2.19. The number of aromatic nitrogens is 3. The highest BCUT2D eigenvalue weighted by Gasteiger charge is 2.09. The molecule has 0 atom stereocenters. The van der Waals surface area contributed by atoms with Gasteiger partial charge in [-0.3, -0.25) is 4.79 Å². The van der Waals surface area contributed by atoms with Gasteiger partial charge in [0.25, 0.3) is 0 Å². The highest BCUT2D eigenvalue weighted by Crippen LogP contribution is 2.17. The molecule has 1 aromatic carbocycles. The number of para-hydroxylation sites is 2. The third kappa shape index (κ3) is 3.17. The molecule has 0 aliphatic heterocycles. The van der Waals surface area contributed by atoms with Gasteiger partial charge < -0.3 is 9.88 Å². The normalized spacial score (nSPS) is 11.2. The number of nitrogens with zero attached hydrogens (tertiary/aromatic N) is 3. The van der Waals surface area contributed by atoms with Gasteiger partial charge in [0.15, 0.2) is 0 Å². The lowest BCUT2D eigenvalue weighted by Crippen LogP contribution is -2.26. The molecule has 22 heavy (non-hydrogen) atoms. The minimum atomic E-state index is -0.0375. The predicted molar refractivity (Wildman–Crippen MR) is 87.8 cm³/mol. The molecule has 0 fully saturated rings. The van der Waals surface area contributed by atoms with Crippen molar-refractivity contribution in [2.45, 2.75) is 32.9 Å². The van der Waals surface area contributed by atoms with E-state index in [1.165, 1.54) is 0 Å². The summed E-state index contributed by atoms with van der Waals surface area (Å²) in [4.78, 5) is 20.9. The molecule has 0 radical (unpaired) electrons. The molecule has 3 rings (SSSR count). The van der Waals surface area contributed by atoms with E-state index < -0.39 is 0 Å². The Balaban J connectivity index is 1.60. The molecule has 0 spiro atoms. The van der Waals surface area contributed by atoms with Crippen molar-refractivity contribution in [3.05, 3.63) is 46.7 Å². The van der Waals surface area contributed by atoms with E-state index in [2.05, 4.69) is 34.5 Å². The van der Waals surface area contributed by atoms with Crippen LogP contribution in [0.2, 0.25) is 0 Å². The van der Waals surface area contributed by atoms with Gasteiger partial charge in [-0.1, -0.05) is 26.0 Å². The van der Waals surface area contributed by atoms with Crippen molar-refractivity contribution in [1.82, 2.24) is 19.9 Å². The van der Waals surface area contributed by atoms with Gasteiger partial charge in [-0.05, 0) is 18.1 Å². The summed E-state index contributed by atoms with van der Waals surface area (Å²) < 4.78 is 1.85. The first-order valence-electron chi connectivity index (χ1n) is 7.24. The fraction of sp³-hybridized carbons (Fsp3) is 0.312. The Morgan fingerprint density at radius 3 is 2.95 bits per heavy atom. The van der Waals surface area contributed by atoms with Crippen LogP contribution in [0.15, 0.2) is 36.0 Å². The first-order valence-corrected chi connectivity index (χ1v) is 8.12. The number of fused-ring (bicyclic) bond motifs is 1. The molecule has 2 aromatic heterocycles. The molecule has 0 aliphatic rings. The molecule has 0 aliphatic carbocycles. The number of rotatable bonds is 5. The Hall–Kier alpha value is -2.21. The van der Waals surface area contributed by atoms with E-state index in [0.29, 0.717) is 12.5 Å². The molecule has 0 unspecified atom stereocenters. The summed E-state index contributed by atoms with van der Waals surface area (Å²) in [6, 6.07) is 7.79. The summed E-state index contributed by atoms with van der Waals surface area (Å²) in [5.74, 6) is 0.377. The van der Waals surface area contributed by atoms with Crippen LogP contribution in [0.3, 0.4) is 0 Å². The minimum Gasteiger partial charge on any atom is -0.348 e. The van der Waals surface area contributed by atoms with Gasteiger partial charge in [0.1, 0.15) is 11.6 Å². The summed E-state index contributed by atoms with van der Waals surface area (Å²) in [6.45, 7) is 4.97. The van der Waals surface area contributed by atoms with Crippen molar-refractivity contribution in [1.29, 1.82) is 0 Å². The first kappa shape index (κ1) is 14.7. The minimum absolute atomic E-state index is 0.0375. The van der Waals surface area contributed by atoms with Crippen molar-refractivity contribution in [2.75, 3.05) is 0 Å². The number of amides is 1. The van der Waals surface area contributed by atoms with Crippen LogP contribution in [-0.2, 0) is 17.9 Å². The van der Waals surface area contributed by atoms with E-state index in [1.54, 1.807) is 17.7 Å². The lowest BCUT2D eigenvalue weighted by molar-refractivity contribution is -0.121. The molecule has 0 saturated carbocycles. The molecule has 0 saturated heterocycles. The maximum atomic E-state index is 12.1.